The molecule has 6 nitrogen and oxygen atoms in total. The van der Waals surface area contributed by atoms with Gasteiger partial charge < -0.3 is 20.1 Å². The van der Waals surface area contributed by atoms with Crippen molar-refractivity contribution >= 4 is 23.6 Å². The van der Waals surface area contributed by atoms with E-state index in [0.717, 1.165) is 29.5 Å². The van der Waals surface area contributed by atoms with Crippen LogP contribution in [0.3, 0.4) is 0 Å². The fourth-order valence-electron chi connectivity index (χ4n) is 4.40. The van der Waals surface area contributed by atoms with Crippen molar-refractivity contribution < 1.29 is 19.4 Å². The zero-order chi connectivity index (χ0) is 24.9. The summed E-state index contributed by atoms with van der Waals surface area (Å²) in [6.07, 6.45) is 0.809. The van der Waals surface area contributed by atoms with Gasteiger partial charge in [-0.2, -0.15) is 0 Å². The molecule has 0 aromatic heterocycles. The molecule has 2 aromatic carbocycles. The van der Waals surface area contributed by atoms with E-state index in [9.17, 15) is 14.7 Å². The largest absolute Gasteiger partial charge is 0.444 e. The molecule has 0 radical (unpaired) electrons. The molecule has 1 saturated heterocycles. The second kappa shape index (κ2) is 11.2. The number of nitrogens with one attached hydrogen (secondary N) is 1. The number of carbonyl (C=O) groups excluding carboxylic acids is 2. The molecule has 1 heterocycles. The second-order valence-electron chi connectivity index (χ2n) is 9.93. The van der Waals surface area contributed by atoms with Crippen LogP contribution in [0.2, 0.25) is 5.02 Å². The van der Waals surface area contributed by atoms with Crippen LogP contribution in [0.4, 0.5) is 4.79 Å². The van der Waals surface area contributed by atoms with Crippen LogP contribution in [0.1, 0.15) is 69.2 Å². The quantitative estimate of drug-likeness (QED) is 0.585. The van der Waals surface area contributed by atoms with Crippen molar-refractivity contribution in [3.8, 4) is 0 Å². The number of ether oxygens (including phenoxy) is 1. The van der Waals surface area contributed by atoms with E-state index >= 15 is 0 Å². The van der Waals surface area contributed by atoms with Crippen LogP contribution in [-0.2, 0) is 16.0 Å². The first kappa shape index (κ1) is 26.0. The van der Waals surface area contributed by atoms with Gasteiger partial charge in [0, 0.05) is 24.5 Å². The predicted molar refractivity (Wildman–Crippen MR) is 134 cm³/mol. The van der Waals surface area contributed by atoms with E-state index < -0.39 is 23.8 Å². The smallest absolute Gasteiger partial charge is 0.408 e. The normalized spacial score (nSPS) is 16.6. The molecule has 34 heavy (non-hydrogen) atoms. The predicted octanol–water partition coefficient (Wildman–Crippen LogP) is 5.24. The second-order valence-corrected chi connectivity index (χ2v) is 10.4. The van der Waals surface area contributed by atoms with Gasteiger partial charge in [0.05, 0.1) is 6.10 Å². The van der Waals surface area contributed by atoms with Crippen molar-refractivity contribution in [3.63, 3.8) is 0 Å². The highest BCUT2D eigenvalue weighted by Crippen LogP contribution is 2.33. The molecule has 0 aliphatic carbocycles. The van der Waals surface area contributed by atoms with Crippen LogP contribution in [-0.4, -0.2) is 46.7 Å². The van der Waals surface area contributed by atoms with Crippen LogP contribution in [0.15, 0.2) is 48.5 Å². The molecule has 2 atom stereocenters. The Bertz CT molecular complexity index is 977. The minimum absolute atomic E-state index is 0.122. The number of hydrogen-bond acceptors (Lipinski definition) is 4. The highest BCUT2D eigenvalue weighted by Gasteiger charge is 2.32. The average Bonchev–Trinajstić information content (AvgIpc) is 2.78. The Morgan fingerprint density at radius 2 is 1.74 bits per heavy atom. The molecule has 2 aromatic rings. The molecular weight excluding hydrogens is 452 g/mol. The SMILES string of the molecule is CC(O)c1ccccc1C1CCN(C(=O)[C@@H](Cc2ccc(Cl)cc2)NC(=O)OC(C)(C)C)CC1. The van der Waals surface area contributed by atoms with E-state index in [0.29, 0.717) is 24.5 Å². The molecule has 1 fully saturated rings. The number of halogens is 1. The Morgan fingerprint density at radius 1 is 1.12 bits per heavy atom. The van der Waals surface area contributed by atoms with E-state index in [1.807, 2.05) is 35.2 Å². The topological polar surface area (TPSA) is 78.9 Å². The number of nitrogens with zero attached hydrogens (tertiary/aromatic N) is 1. The third-order valence-corrected chi connectivity index (χ3v) is 6.29. The van der Waals surface area contributed by atoms with E-state index in [-0.39, 0.29) is 11.8 Å². The summed E-state index contributed by atoms with van der Waals surface area (Å²) in [6.45, 7) is 8.33. The van der Waals surface area contributed by atoms with E-state index in [1.165, 1.54) is 0 Å². The number of aliphatic hydroxyl groups excluding tert-OH is 1. The fourth-order valence-corrected chi connectivity index (χ4v) is 4.53. The van der Waals surface area contributed by atoms with Crippen LogP contribution in [0.5, 0.6) is 0 Å². The van der Waals surface area contributed by atoms with Gasteiger partial charge in [0.2, 0.25) is 5.91 Å². The number of hydrogen-bond donors (Lipinski definition) is 2. The lowest BCUT2D eigenvalue weighted by Gasteiger charge is -2.35. The lowest BCUT2D eigenvalue weighted by atomic mass is 9.85. The Labute approximate surface area is 207 Å². The number of benzene rings is 2. The first-order chi connectivity index (χ1) is 16.0. The number of rotatable bonds is 6. The van der Waals surface area contributed by atoms with Gasteiger partial charge in [-0.3, -0.25) is 4.79 Å². The third-order valence-electron chi connectivity index (χ3n) is 6.03. The van der Waals surface area contributed by atoms with Crippen molar-refractivity contribution in [2.45, 2.75) is 70.6 Å². The minimum Gasteiger partial charge on any atom is -0.444 e. The first-order valence-corrected chi connectivity index (χ1v) is 12.2. The van der Waals surface area contributed by atoms with E-state index in [2.05, 4.69) is 11.4 Å². The number of piperidine rings is 1. The van der Waals surface area contributed by atoms with Gasteiger partial charge in [0.15, 0.2) is 0 Å². The van der Waals surface area contributed by atoms with Crippen molar-refractivity contribution in [2.24, 2.45) is 0 Å². The van der Waals surface area contributed by atoms with Crippen LogP contribution in [0.25, 0.3) is 0 Å². The van der Waals surface area contributed by atoms with Gasteiger partial charge in [-0.05, 0) is 75.3 Å². The maximum Gasteiger partial charge on any atom is 0.408 e. The highest BCUT2D eigenvalue weighted by atomic mass is 35.5. The van der Waals surface area contributed by atoms with Gasteiger partial charge in [-0.1, -0.05) is 48.0 Å². The Kier molecular flexibility index (Phi) is 8.61. The molecule has 3 rings (SSSR count). The molecule has 2 amide bonds. The molecule has 0 bridgehead atoms. The average molecular weight is 487 g/mol. The molecule has 1 unspecified atom stereocenters. The fraction of sp³-hybridized carbons (Fsp3) is 0.481. The van der Waals surface area contributed by atoms with Crippen molar-refractivity contribution in [1.82, 2.24) is 10.2 Å². The molecule has 1 aliphatic rings. The summed E-state index contributed by atoms with van der Waals surface area (Å²) >= 11 is 6.00. The number of carbonyl (C=O) groups is 2. The Balaban J connectivity index is 1.71. The standard InChI is InChI=1S/C27H35ClN2O4/c1-18(31)22-7-5-6-8-23(22)20-13-15-30(16-14-20)25(32)24(29-26(33)34-27(2,3)4)17-19-9-11-21(28)12-10-19/h5-12,18,20,24,31H,13-17H2,1-4H3,(H,29,33)/t18?,24-/m1/s1. The molecule has 0 saturated carbocycles. The zero-order valence-corrected chi connectivity index (χ0v) is 21.1. The zero-order valence-electron chi connectivity index (χ0n) is 20.4. The molecular formula is C27H35ClN2O4. The van der Waals surface area contributed by atoms with Crippen LogP contribution < -0.4 is 5.32 Å². The lowest BCUT2D eigenvalue weighted by Crippen LogP contribution is -2.52. The van der Waals surface area contributed by atoms with Crippen molar-refractivity contribution in [1.29, 1.82) is 0 Å². The molecule has 2 N–H and O–H groups in total. The summed E-state index contributed by atoms with van der Waals surface area (Å²) < 4.78 is 5.41. The minimum atomic E-state index is -0.739. The third kappa shape index (κ3) is 7.21. The maximum atomic E-state index is 13.5. The monoisotopic (exact) mass is 486 g/mol. The van der Waals surface area contributed by atoms with Crippen molar-refractivity contribution in [2.75, 3.05) is 13.1 Å². The lowest BCUT2D eigenvalue weighted by molar-refractivity contribution is -0.134. The van der Waals surface area contributed by atoms with Gasteiger partial charge in [-0.25, -0.2) is 4.79 Å². The van der Waals surface area contributed by atoms with Crippen LogP contribution >= 0.6 is 11.6 Å². The summed E-state index contributed by atoms with van der Waals surface area (Å²) in [5.41, 5.74) is 2.33. The number of aliphatic hydroxyl groups is 1. The molecule has 0 spiro atoms. The van der Waals surface area contributed by atoms with Gasteiger partial charge >= 0.3 is 6.09 Å². The summed E-state index contributed by atoms with van der Waals surface area (Å²) in [7, 11) is 0. The first-order valence-electron chi connectivity index (χ1n) is 11.8. The molecule has 184 valence electrons. The summed E-state index contributed by atoms with van der Waals surface area (Å²) in [5.74, 6) is 0.159. The summed E-state index contributed by atoms with van der Waals surface area (Å²) in [5, 5.41) is 13.5. The summed E-state index contributed by atoms with van der Waals surface area (Å²) in [6, 6.07) is 14.5. The van der Waals surface area contributed by atoms with Crippen molar-refractivity contribution in [3.05, 3.63) is 70.2 Å². The van der Waals surface area contributed by atoms with E-state index in [4.69, 9.17) is 16.3 Å². The number of alkyl carbamates (subject to hydrolysis) is 1. The van der Waals surface area contributed by atoms with Gasteiger partial charge in [0.25, 0.3) is 0 Å². The van der Waals surface area contributed by atoms with Gasteiger partial charge in [0.1, 0.15) is 11.6 Å². The van der Waals surface area contributed by atoms with Gasteiger partial charge in [-0.15, -0.1) is 0 Å². The highest BCUT2D eigenvalue weighted by molar-refractivity contribution is 6.30. The summed E-state index contributed by atoms with van der Waals surface area (Å²) in [4.78, 5) is 27.8. The van der Waals surface area contributed by atoms with Crippen LogP contribution in [0, 0.1) is 0 Å². The van der Waals surface area contributed by atoms with E-state index in [1.54, 1.807) is 39.8 Å². The molecule has 7 heteroatoms. The number of likely N-dealkylation sites (tertiary alicyclic amines) is 1. The Morgan fingerprint density at radius 3 is 2.32 bits per heavy atom. The Hall–Kier alpha value is -2.57. The maximum absolute atomic E-state index is 13.5. The number of amides is 2. The molecule has 1 aliphatic heterocycles.